The number of alkyl halides is 1. The van der Waals surface area contributed by atoms with Crippen LogP contribution in [-0.4, -0.2) is 39.0 Å². The highest BCUT2D eigenvalue weighted by Gasteiger charge is 2.18. The average Bonchev–Trinajstić information content (AvgIpc) is 2.01. The third-order valence-electron chi connectivity index (χ3n) is 1.34. The molecule has 0 spiro atoms. The number of amides is 1. The maximum absolute atomic E-state index is 11.1. The Morgan fingerprint density at radius 1 is 1.54 bits per heavy atom. The van der Waals surface area contributed by atoms with E-state index in [4.69, 9.17) is 11.6 Å². The first-order chi connectivity index (χ1) is 5.93. The largest absolute Gasteiger partial charge is 0.358 e. The Morgan fingerprint density at radius 2 is 2.08 bits per heavy atom. The second-order valence-corrected chi connectivity index (χ2v) is 4.71. The van der Waals surface area contributed by atoms with E-state index in [1.54, 1.807) is 0 Å². The zero-order valence-corrected chi connectivity index (χ0v) is 9.07. The number of likely N-dealkylation sites (N-methyl/N-ethyl adjacent to an activating group) is 1. The number of hydrogen-bond acceptors (Lipinski definition) is 3. The van der Waals surface area contributed by atoms with E-state index in [0.717, 1.165) is 0 Å². The van der Waals surface area contributed by atoms with Crippen molar-refractivity contribution in [2.75, 3.05) is 18.7 Å². The molecule has 5 nitrogen and oxygen atoms in total. The fourth-order valence-electron chi connectivity index (χ4n) is 0.700. The van der Waals surface area contributed by atoms with Crippen LogP contribution in [0.15, 0.2) is 0 Å². The predicted octanol–water partition coefficient (Wildman–Crippen LogP) is -0.721. The van der Waals surface area contributed by atoms with Crippen LogP contribution in [0.5, 0.6) is 0 Å². The fraction of sp³-hybridized carbons (Fsp3) is 0.833. The summed E-state index contributed by atoms with van der Waals surface area (Å²) in [5.41, 5.74) is 0. The van der Waals surface area contributed by atoms with E-state index in [9.17, 15) is 13.2 Å². The van der Waals surface area contributed by atoms with Crippen molar-refractivity contribution in [1.82, 2.24) is 10.0 Å². The van der Waals surface area contributed by atoms with Crippen molar-refractivity contribution < 1.29 is 13.2 Å². The van der Waals surface area contributed by atoms with Crippen molar-refractivity contribution in [3.63, 3.8) is 0 Å². The molecule has 0 rings (SSSR count). The minimum atomic E-state index is -3.43. The molecule has 0 aromatic carbocycles. The van der Waals surface area contributed by atoms with Crippen LogP contribution in [0.3, 0.4) is 0 Å². The maximum atomic E-state index is 11.1. The lowest BCUT2D eigenvalue weighted by molar-refractivity contribution is -0.121. The van der Waals surface area contributed by atoms with Crippen molar-refractivity contribution in [1.29, 1.82) is 0 Å². The summed E-state index contributed by atoms with van der Waals surface area (Å²) in [6.07, 6.45) is 0. The van der Waals surface area contributed by atoms with Gasteiger partial charge in [-0.3, -0.25) is 4.79 Å². The van der Waals surface area contributed by atoms with Gasteiger partial charge >= 0.3 is 0 Å². The molecule has 0 aromatic rings. The Labute approximate surface area is 82.9 Å². The van der Waals surface area contributed by atoms with Gasteiger partial charge in [-0.15, -0.1) is 11.6 Å². The van der Waals surface area contributed by atoms with E-state index in [0.29, 0.717) is 0 Å². The lowest BCUT2D eigenvalue weighted by Crippen LogP contribution is -2.44. The number of halogens is 1. The van der Waals surface area contributed by atoms with E-state index < -0.39 is 16.1 Å². The lowest BCUT2D eigenvalue weighted by Gasteiger charge is -2.11. The molecule has 7 heteroatoms. The van der Waals surface area contributed by atoms with Crippen LogP contribution in [-0.2, 0) is 14.8 Å². The minimum Gasteiger partial charge on any atom is -0.358 e. The van der Waals surface area contributed by atoms with Gasteiger partial charge in [-0.2, -0.15) is 0 Å². The van der Waals surface area contributed by atoms with Gasteiger partial charge in [-0.1, -0.05) is 0 Å². The highest BCUT2D eigenvalue weighted by molar-refractivity contribution is 7.89. The fourth-order valence-corrected chi connectivity index (χ4v) is 2.28. The molecule has 0 aliphatic carbocycles. The van der Waals surface area contributed by atoms with Gasteiger partial charge in [0.2, 0.25) is 15.9 Å². The number of rotatable bonds is 5. The predicted molar refractivity (Wildman–Crippen MR) is 51.2 cm³/mol. The van der Waals surface area contributed by atoms with Crippen LogP contribution < -0.4 is 10.0 Å². The normalized spacial score (nSPS) is 13.8. The summed E-state index contributed by atoms with van der Waals surface area (Å²) >= 11 is 5.26. The SMILES string of the molecule is CNC(=O)C(C)NS(=O)(=O)CCCl. The quantitative estimate of drug-likeness (QED) is 0.610. The molecule has 78 valence electrons. The van der Waals surface area contributed by atoms with E-state index in [1.165, 1.54) is 14.0 Å². The van der Waals surface area contributed by atoms with Gasteiger partial charge in [-0.25, -0.2) is 13.1 Å². The molecule has 0 aliphatic heterocycles. The number of carbonyl (C=O) groups excluding carboxylic acids is 1. The molecule has 0 bridgehead atoms. The molecule has 1 unspecified atom stereocenters. The van der Waals surface area contributed by atoms with Crippen molar-refractivity contribution in [2.24, 2.45) is 0 Å². The molecule has 1 atom stereocenters. The summed E-state index contributed by atoms with van der Waals surface area (Å²) in [7, 11) is -1.99. The number of carbonyl (C=O) groups is 1. The molecule has 0 saturated carbocycles. The van der Waals surface area contributed by atoms with E-state index in [2.05, 4.69) is 10.0 Å². The second-order valence-electron chi connectivity index (χ2n) is 2.46. The first kappa shape index (κ1) is 12.7. The van der Waals surface area contributed by atoms with Crippen LogP contribution in [0.2, 0.25) is 0 Å². The highest BCUT2D eigenvalue weighted by Crippen LogP contribution is 1.91. The number of nitrogens with one attached hydrogen (secondary N) is 2. The Balaban J connectivity index is 4.20. The van der Waals surface area contributed by atoms with Crippen molar-refractivity contribution in [3.05, 3.63) is 0 Å². The maximum Gasteiger partial charge on any atom is 0.237 e. The van der Waals surface area contributed by atoms with Crippen LogP contribution in [0.1, 0.15) is 6.92 Å². The third-order valence-corrected chi connectivity index (χ3v) is 3.21. The summed E-state index contributed by atoms with van der Waals surface area (Å²) in [5.74, 6) is -0.552. The third kappa shape index (κ3) is 5.07. The first-order valence-electron chi connectivity index (χ1n) is 3.70. The zero-order chi connectivity index (χ0) is 10.5. The molecular weight excluding hydrogens is 216 g/mol. The summed E-state index contributed by atoms with van der Waals surface area (Å²) < 4.78 is 24.4. The summed E-state index contributed by atoms with van der Waals surface area (Å²) in [4.78, 5) is 10.9. The molecule has 0 fully saturated rings. The summed E-state index contributed by atoms with van der Waals surface area (Å²) in [6, 6.07) is -0.766. The molecule has 0 heterocycles. The zero-order valence-electron chi connectivity index (χ0n) is 7.50. The highest BCUT2D eigenvalue weighted by atomic mass is 35.5. The smallest absolute Gasteiger partial charge is 0.237 e. The van der Waals surface area contributed by atoms with Crippen LogP contribution in [0.4, 0.5) is 0 Å². The molecule has 1 amide bonds. The Morgan fingerprint density at radius 3 is 2.46 bits per heavy atom. The topological polar surface area (TPSA) is 75.3 Å². The van der Waals surface area contributed by atoms with Crippen molar-refractivity contribution in [3.8, 4) is 0 Å². The average molecular weight is 229 g/mol. The molecule has 0 radical (unpaired) electrons. The monoisotopic (exact) mass is 228 g/mol. The second kappa shape index (κ2) is 5.41. The van der Waals surface area contributed by atoms with Gasteiger partial charge in [0, 0.05) is 12.9 Å². The minimum absolute atomic E-state index is 0.00972. The van der Waals surface area contributed by atoms with E-state index in [-0.39, 0.29) is 17.5 Å². The molecule has 0 aliphatic rings. The van der Waals surface area contributed by atoms with Crippen LogP contribution in [0, 0.1) is 0 Å². The molecule has 13 heavy (non-hydrogen) atoms. The number of sulfonamides is 1. The van der Waals surface area contributed by atoms with Crippen LogP contribution >= 0.6 is 11.6 Å². The Hall–Kier alpha value is -0.330. The lowest BCUT2D eigenvalue weighted by atomic mass is 10.3. The molecular formula is C6H13ClN2O3S. The van der Waals surface area contributed by atoms with Gasteiger partial charge in [0.15, 0.2) is 0 Å². The van der Waals surface area contributed by atoms with Crippen molar-refractivity contribution >= 4 is 27.5 Å². The van der Waals surface area contributed by atoms with Gasteiger partial charge in [0.25, 0.3) is 0 Å². The van der Waals surface area contributed by atoms with Gasteiger partial charge in [-0.05, 0) is 6.92 Å². The Bertz CT molecular complexity index is 265. The molecule has 0 aromatic heterocycles. The van der Waals surface area contributed by atoms with Gasteiger partial charge < -0.3 is 5.32 Å². The van der Waals surface area contributed by atoms with E-state index in [1.807, 2.05) is 0 Å². The number of hydrogen-bond donors (Lipinski definition) is 2. The Kier molecular flexibility index (Phi) is 5.27. The first-order valence-corrected chi connectivity index (χ1v) is 5.89. The molecule has 2 N–H and O–H groups in total. The summed E-state index contributed by atoms with van der Waals surface area (Å²) in [5, 5.41) is 2.33. The van der Waals surface area contributed by atoms with Gasteiger partial charge in [0.1, 0.15) is 0 Å². The van der Waals surface area contributed by atoms with Crippen molar-refractivity contribution in [2.45, 2.75) is 13.0 Å². The standard InChI is InChI=1S/C6H13ClN2O3S/c1-5(6(10)8-2)9-13(11,12)4-3-7/h5,9H,3-4H2,1-2H3,(H,8,10). The summed E-state index contributed by atoms with van der Waals surface area (Å²) in [6.45, 7) is 1.46. The van der Waals surface area contributed by atoms with Gasteiger partial charge in [0.05, 0.1) is 11.8 Å². The van der Waals surface area contributed by atoms with Crippen LogP contribution in [0.25, 0.3) is 0 Å². The molecule has 0 saturated heterocycles. The van der Waals surface area contributed by atoms with E-state index >= 15 is 0 Å².